The lowest BCUT2D eigenvalue weighted by Crippen LogP contribution is -2.47. The van der Waals surface area contributed by atoms with Gasteiger partial charge in [-0.2, -0.15) is 11.8 Å². The molecule has 0 spiro atoms. The third-order valence-corrected chi connectivity index (χ3v) is 6.15. The van der Waals surface area contributed by atoms with Crippen LogP contribution in [0.4, 0.5) is 10.1 Å². The first kappa shape index (κ1) is 16.6. The van der Waals surface area contributed by atoms with Gasteiger partial charge in [-0.05, 0) is 25.5 Å². The number of hydrogen-bond donors (Lipinski definition) is 1. The minimum absolute atomic E-state index is 0.184. The Kier molecular flexibility index (Phi) is 5.16. The summed E-state index contributed by atoms with van der Waals surface area (Å²) in [5, 5.41) is -0.607. The van der Waals surface area contributed by atoms with E-state index in [0.717, 1.165) is 5.75 Å². The number of thioether (sulfide) groups is 1. The van der Waals surface area contributed by atoms with Crippen LogP contribution in [-0.2, 0) is 16.3 Å². The summed E-state index contributed by atoms with van der Waals surface area (Å²) in [6.45, 7) is 2.41. The van der Waals surface area contributed by atoms with Crippen molar-refractivity contribution in [3.63, 3.8) is 0 Å². The van der Waals surface area contributed by atoms with Crippen molar-refractivity contribution >= 4 is 27.3 Å². The summed E-state index contributed by atoms with van der Waals surface area (Å²) < 4.78 is 38.2. The fourth-order valence-corrected chi connectivity index (χ4v) is 5.38. The van der Waals surface area contributed by atoms with Crippen LogP contribution in [0.15, 0.2) is 18.2 Å². The molecule has 4 nitrogen and oxygen atoms in total. The van der Waals surface area contributed by atoms with Gasteiger partial charge in [-0.3, -0.25) is 0 Å². The zero-order chi connectivity index (χ0) is 15.6. The van der Waals surface area contributed by atoms with Crippen LogP contribution in [0.5, 0.6) is 0 Å². The number of sulfone groups is 1. The lowest BCUT2D eigenvalue weighted by atomic mass is 10.0. The number of nitrogens with zero attached hydrogens (tertiary/aromatic N) is 1. The van der Waals surface area contributed by atoms with Crippen LogP contribution in [0.2, 0.25) is 0 Å². The number of halogens is 1. The van der Waals surface area contributed by atoms with E-state index in [0.29, 0.717) is 30.0 Å². The van der Waals surface area contributed by atoms with Gasteiger partial charge in [0.2, 0.25) is 0 Å². The van der Waals surface area contributed by atoms with E-state index in [9.17, 15) is 12.8 Å². The molecule has 21 heavy (non-hydrogen) atoms. The number of anilines is 1. The molecule has 2 N–H and O–H groups in total. The van der Waals surface area contributed by atoms with Gasteiger partial charge in [0.15, 0.2) is 9.84 Å². The van der Waals surface area contributed by atoms with Crippen molar-refractivity contribution in [1.29, 1.82) is 0 Å². The molecule has 0 saturated carbocycles. The smallest absolute Gasteiger partial charge is 0.169 e. The molecule has 1 aliphatic rings. The molecule has 118 valence electrons. The Balaban J connectivity index is 2.46. The van der Waals surface area contributed by atoms with Crippen LogP contribution in [0, 0.1) is 5.82 Å². The molecule has 0 amide bonds. The van der Waals surface area contributed by atoms with Gasteiger partial charge < -0.3 is 10.6 Å². The quantitative estimate of drug-likeness (QED) is 0.908. The summed E-state index contributed by atoms with van der Waals surface area (Å²) in [5.74, 6) is 1.02. The van der Waals surface area contributed by atoms with E-state index >= 15 is 0 Å². The summed E-state index contributed by atoms with van der Waals surface area (Å²) in [4.78, 5) is 1.81. The van der Waals surface area contributed by atoms with Crippen molar-refractivity contribution in [2.24, 2.45) is 5.73 Å². The lowest BCUT2D eigenvalue weighted by Gasteiger charge is -2.37. The molecular weight excluding hydrogens is 311 g/mol. The summed E-state index contributed by atoms with van der Waals surface area (Å²) in [7, 11) is -3.23. The maximum atomic E-state index is 14.2. The van der Waals surface area contributed by atoms with Crippen molar-refractivity contribution in [2.45, 2.75) is 24.8 Å². The molecule has 1 aliphatic heterocycles. The standard InChI is InChI=1S/C14H21FN2O2S2/c1-10(16)8-11-12(15)4-3-5-13(11)17-6-7-20-9-14(17)21(2,18)19/h3-5,10,14H,6-9,16H2,1-2H3. The molecule has 0 aliphatic carbocycles. The first-order chi connectivity index (χ1) is 9.80. The second kappa shape index (κ2) is 6.54. The number of benzene rings is 1. The van der Waals surface area contributed by atoms with Gasteiger partial charge in [-0.25, -0.2) is 12.8 Å². The highest BCUT2D eigenvalue weighted by Gasteiger charge is 2.32. The molecule has 0 radical (unpaired) electrons. The average molecular weight is 332 g/mol. The zero-order valence-corrected chi connectivity index (χ0v) is 13.9. The Morgan fingerprint density at radius 3 is 2.86 bits per heavy atom. The van der Waals surface area contributed by atoms with Gasteiger partial charge >= 0.3 is 0 Å². The SMILES string of the molecule is CC(N)Cc1c(F)cccc1N1CCSCC1S(C)(=O)=O. The topological polar surface area (TPSA) is 63.4 Å². The fourth-order valence-electron chi connectivity index (χ4n) is 2.55. The summed E-state index contributed by atoms with van der Waals surface area (Å²) in [6.07, 6.45) is 1.63. The van der Waals surface area contributed by atoms with Crippen LogP contribution >= 0.6 is 11.8 Å². The van der Waals surface area contributed by atoms with E-state index in [4.69, 9.17) is 5.73 Å². The largest absolute Gasteiger partial charge is 0.353 e. The van der Waals surface area contributed by atoms with Crippen LogP contribution in [-0.4, -0.2) is 44.1 Å². The normalized spacial score (nSPS) is 21.3. The Labute approximate surface area is 129 Å². The highest BCUT2D eigenvalue weighted by atomic mass is 32.2. The second-order valence-corrected chi connectivity index (χ2v) is 8.82. The van der Waals surface area contributed by atoms with Crippen molar-refractivity contribution in [2.75, 3.05) is 29.2 Å². The molecule has 2 rings (SSSR count). The van der Waals surface area contributed by atoms with Crippen molar-refractivity contribution in [1.82, 2.24) is 0 Å². The molecule has 1 aromatic carbocycles. The van der Waals surface area contributed by atoms with Crippen molar-refractivity contribution in [3.05, 3.63) is 29.6 Å². The molecule has 2 atom stereocenters. The molecule has 0 bridgehead atoms. The van der Waals surface area contributed by atoms with E-state index in [-0.39, 0.29) is 11.9 Å². The first-order valence-corrected chi connectivity index (χ1v) is 9.98. The molecule has 2 unspecified atom stereocenters. The van der Waals surface area contributed by atoms with Crippen molar-refractivity contribution < 1.29 is 12.8 Å². The predicted octanol–water partition coefficient (Wildman–Crippen LogP) is 1.64. The number of hydrogen-bond acceptors (Lipinski definition) is 5. The maximum absolute atomic E-state index is 14.2. The first-order valence-electron chi connectivity index (χ1n) is 6.87. The van der Waals surface area contributed by atoms with Crippen LogP contribution in [0.3, 0.4) is 0 Å². The Morgan fingerprint density at radius 1 is 1.52 bits per heavy atom. The van der Waals surface area contributed by atoms with Gasteiger partial charge in [-0.15, -0.1) is 0 Å². The summed E-state index contributed by atoms with van der Waals surface area (Å²) >= 11 is 1.61. The van der Waals surface area contributed by atoms with Gasteiger partial charge in [0.05, 0.1) is 0 Å². The minimum atomic E-state index is -3.23. The Bertz CT molecular complexity index is 605. The van der Waals surface area contributed by atoms with E-state index in [1.807, 2.05) is 11.8 Å². The monoisotopic (exact) mass is 332 g/mol. The second-order valence-electron chi connectivity index (χ2n) is 5.47. The molecule has 1 aromatic rings. The highest BCUT2D eigenvalue weighted by molar-refractivity contribution is 8.01. The van der Waals surface area contributed by atoms with E-state index in [2.05, 4.69) is 0 Å². The Hall–Kier alpha value is -0.790. The lowest BCUT2D eigenvalue weighted by molar-refractivity contribution is 0.578. The molecule has 7 heteroatoms. The molecule has 1 heterocycles. The third-order valence-electron chi connectivity index (χ3n) is 3.51. The maximum Gasteiger partial charge on any atom is 0.169 e. The van der Waals surface area contributed by atoms with Crippen molar-refractivity contribution in [3.8, 4) is 0 Å². The van der Waals surface area contributed by atoms with Gasteiger partial charge in [0.1, 0.15) is 11.2 Å². The zero-order valence-electron chi connectivity index (χ0n) is 12.3. The summed E-state index contributed by atoms with van der Waals surface area (Å²) in [6, 6.07) is 4.62. The molecule has 0 aromatic heterocycles. The number of nitrogens with two attached hydrogens (primary N) is 1. The fraction of sp³-hybridized carbons (Fsp3) is 0.571. The van der Waals surface area contributed by atoms with Gasteiger partial charge in [-0.1, -0.05) is 6.07 Å². The van der Waals surface area contributed by atoms with Crippen LogP contribution in [0.25, 0.3) is 0 Å². The third kappa shape index (κ3) is 3.90. The number of rotatable bonds is 4. The molecule has 1 fully saturated rings. The Morgan fingerprint density at radius 2 is 2.24 bits per heavy atom. The van der Waals surface area contributed by atoms with E-state index in [1.54, 1.807) is 23.9 Å². The van der Waals surface area contributed by atoms with Gasteiger partial charge in [0.25, 0.3) is 0 Å². The van der Waals surface area contributed by atoms with E-state index < -0.39 is 15.2 Å². The molecular formula is C14H21FN2O2S2. The summed E-state index contributed by atoms with van der Waals surface area (Å²) in [5.41, 5.74) is 6.97. The van der Waals surface area contributed by atoms with Gasteiger partial charge in [0, 0.05) is 41.6 Å². The predicted molar refractivity (Wildman–Crippen MR) is 87.1 cm³/mol. The van der Waals surface area contributed by atoms with Crippen LogP contribution < -0.4 is 10.6 Å². The van der Waals surface area contributed by atoms with Crippen LogP contribution in [0.1, 0.15) is 12.5 Å². The average Bonchev–Trinajstić information content (AvgIpc) is 2.40. The minimum Gasteiger partial charge on any atom is -0.353 e. The highest BCUT2D eigenvalue weighted by Crippen LogP contribution is 2.31. The molecule has 1 saturated heterocycles. The van der Waals surface area contributed by atoms with E-state index in [1.165, 1.54) is 12.3 Å².